The number of carbonyl (C=O) groups excluding carboxylic acids is 1. The highest BCUT2D eigenvalue weighted by atomic mass is 16.2. The van der Waals surface area contributed by atoms with Crippen LogP contribution in [0.2, 0.25) is 0 Å². The number of aromatic nitrogens is 3. The first kappa shape index (κ1) is 16.9. The lowest BCUT2D eigenvalue weighted by molar-refractivity contribution is 0.198. The molecule has 2 amide bonds. The van der Waals surface area contributed by atoms with Crippen LogP contribution in [0.1, 0.15) is 24.2 Å². The molecule has 26 heavy (non-hydrogen) atoms. The number of nitrogens with zero attached hydrogens (tertiary/aromatic N) is 4. The molecule has 7 heteroatoms. The van der Waals surface area contributed by atoms with Crippen LogP contribution in [0.25, 0.3) is 0 Å². The van der Waals surface area contributed by atoms with Crippen molar-refractivity contribution in [3.8, 4) is 0 Å². The molecule has 1 saturated carbocycles. The normalized spacial score (nSPS) is 16.8. The molecule has 1 fully saturated rings. The van der Waals surface area contributed by atoms with Gasteiger partial charge in [-0.2, -0.15) is 5.10 Å². The summed E-state index contributed by atoms with van der Waals surface area (Å²) in [6.45, 7) is 3.00. The molecular weight excluding hydrogens is 330 g/mol. The van der Waals surface area contributed by atoms with Crippen LogP contribution in [0.15, 0.2) is 35.1 Å². The van der Waals surface area contributed by atoms with Crippen LogP contribution in [0.4, 0.5) is 4.79 Å². The molecule has 1 aliphatic heterocycles. The Morgan fingerprint density at radius 3 is 2.73 bits per heavy atom. The predicted octanol–water partition coefficient (Wildman–Crippen LogP) is 1.27. The monoisotopic (exact) mass is 355 g/mol. The number of hydrogen-bond donors (Lipinski definition) is 1. The third-order valence-electron chi connectivity index (χ3n) is 5.15. The first-order valence-corrected chi connectivity index (χ1v) is 9.44. The number of urea groups is 1. The number of carbonyl (C=O) groups is 1. The van der Waals surface area contributed by atoms with Crippen molar-refractivity contribution in [3.05, 3.63) is 52.2 Å². The first-order valence-electron chi connectivity index (χ1n) is 9.44. The van der Waals surface area contributed by atoms with Crippen LogP contribution in [0, 0.1) is 5.92 Å². The largest absolute Gasteiger partial charge is 0.345 e. The van der Waals surface area contributed by atoms with Gasteiger partial charge < -0.3 is 10.2 Å². The fourth-order valence-electron chi connectivity index (χ4n) is 3.40. The fraction of sp³-hybridized carbons (Fsp3) is 0.526. The van der Waals surface area contributed by atoms with E-state index in [4.69, 9.17) is 0 Å². The first-order chi connectivity index (χ1) is 12.7. The van der Waals surface area contributed by atoms with Crippen LogP contribution in [-0.4, -0.2) is 44.9 Å². The molecule has 0 bridgehead atoms. The molecule has 0 unspecified atom stereocenters. The lowest BCUT2D eigenvalue weighted by atomic mass is 10.1. The van der Waals surface area contributed by atoms with E-state index in [2.05, 4.69) is 22.5 Å². The minimum absolute atomic E-state index is 0.0294. The molecular formula is C19H25N5O2. The maximum absolute atomic E-state index is 12.5. The fourth-order valence-corrected chi connectivity index (χ4v) is 3.40. The molecule has 0 radical (unpaired) electrons. The SMILES string of the molecule is O=C(NCCc1ccccc1)N1CCc2nn(CC3CC3)c(=O)n2CC1. The topological polar surface area (TPSA) is 72.2 Å². The standard InChI is InChI=1S/C19H25N5O2/c25-18(20-10-8-15-4-2-1-3-5-15)22-11-9-17-21-24(14-16-6-7-16)19(26)23(17)13-12-22/h1-5,16H,6-14H2,(H,20,25). The molecule has 1 aromatic heterocycles. The second-order valence-corrected chi connectivity index (χ2v) is 7.18. The zero-order valence-corrected chi connectivity index (χ0v) is 14.9. The quantitative estimate of drug-likeness (QED) is 0.878. The molecule has 0 spiro atoms. The summed E-state index contributed by atoms with van der Waals surface area (Å²) in [6, 6.07) is 10.0. The molecule has 2 aromatic rings. The molecule has 0 saturated heterocycles. The number of hydrogen-bond acceptors (Lipinski definition) is 3. The number of rotatable bonds is 5. The van der Waals surface area contributed by atoms with E-state index in [0.29, 0.717) is 38.5 Å². The van der Waals surface area contributed by atoms with Gasteiger partial charge in [-0.05, 0) is 30.7 Å². The van der Waals surface area contributed by atoms with Crippen molar-refractivity contribution in [2.24, 2.45) is 5.92 Å². The van der Waals surface area contributed by atoms with Gasteiger partial charge in [-0.15, -0.1) is 0 Å². The average molecular weight is 355 g/mol. The highest BCUT2D eigenvalue weighted by Crippen LogP contribution is 2.29. The van der Waals surface area contributed by atoms with E-state index >= 15 is 0 Å². The van der Waals surface area contributed by atoms with E-state index in [0.717, 1.165) is 18.8 Å². The minimum atomic E-state index is -0.0648. The molecule has 1 aromatic carbocycles. The Kier molecular flexibility index (Phi) is 4.77. The zero-order chi connectivity index (χ0) is 17.9. The van der Waals surface area contributed by atoms with Gasteiger partial charge >= 0.3 is 11.7 Å². The Morgan fingerprint density at radius 2 is 1.96 bits per heavy atom. The number of amides is 2. The van der Waals surface area contributed by atoms with E-state index in [-0.39, 0.29) is 11.7 Å². The average Bonchev–Trinajstić information content (AvgIpc) is 3.44. The van der Waals surface area contributed by atoms with Gasteiger partial charge in [0.15, 0.2) is 0 Å². The summed E-state index contributed by atoms with van der Waals surface area (Å²) < 4.78 is 3.35. The van der Waals surface area contributed by atoms with Gasteiger partial charge in [0.1, 0.15) is 5.82 Å². The highest BCUT2D eigenvalue weighted by Gasteiger charge is 2.26. The summed E-state index contributed by atoms with van der Waals surface area (Å²) >= 11 is 0. The van der Waals surface area contributed by atoms with Crippen molar-refractivity contribution in [2.75, 3.05) is 19.6 Å². The lowest BCUT2D eigenvalue weighted by Gasteiger charge is -2.20. The van der Waals surface area contributed by atoms with Gasteiger partial charge in [-0.25, -0.2) is 14.3 Å². The van der Waals surface area contributed by atoms with Gasteiger partial charge in [-0.3, -0.25) is 4.57 Å². The van der Waals surface area contributed by atoms with Gasteiger partial charge in [0.05, 0.1) is 0 Å². The molecule has 1 aliphatic carbocycles. The van der Waals surface area contributed by atoms with E-state index in [9.17, 15) is 9.59 Å². The molecule has 4 rings (SSSR count). The second-order valence-electron chi connectivity index (χ2n) is 7.18. The van der Waals surface area contributed by atoms with Gasteiger partial charge in [0.25, 0.3) is 0 Å². The van der Waals surface area contributed by atoms with E-state index in [1.807, 2.05) is 18.2 Å². The second kappa shape index (κ2) is 7.35. The molecule has 7 nitrogen and oxygen atoms in total. The maximum atomic E-state index is 12.5. The van der Waals surface area contributed by atoms with Crippen LogP contribution < -0.4 is 11.0 Å². The van der Waals surface area contributed by atoms with Gasteiger partial charge in [0, 0.05) is 39.1 Å². The smallest absolute Gasteiger partial charge is 0.338 e. The summed E-state index contributed by atoms with van der Waals surface area (Å²) in [7, 11) is 0. The van der Waals surface area contributed by atoms with Crippen LogP contribution in [-0.2, 0) is 25.9 Å². The Morgan fingerprint density at radius 1 is 1.15 bits per heavy atom. The number of fused-ring (bicyclic) bond motifs is 1. The summed E-state index contributed by atoms with van der Waals surface area (Å²) in [4.78, 5) is 26.7. The van der Waals surface area contributed by atoms with Crippen molar-refractivity contribution < 1.29 is 4.79 Å². The molecule has 1 N–H and O–H groups in total. The maximum Gasteiger partial charge on any atom is 0.345 e. The number of benzene rings is 1. The Balaban J connectivity index is 1.30. The third kappa shape index (κ3) is 3.81. The van der Waals surface area contributed by atoms with Gasteiger partial charge in [0.2, 0.25) is 0 Å². The lowest BCUT2D eigenvalue weighted by Crippen LogP contribution is -2.42. The Labute approximate surface area is 152 Å². The molecule has 2 heterocycles. The zero-order valence-electron chi connectivity index (χ0n) is 14.9. The third-order valence-corrected chi connectivity index (χ3v) is 5.15. The minimum Gasteiger partial charge on any atom is -0.338 e. The summed E-state index contributed by atoms with van der Waals surface area (Å²) in [5.74, 6) is 1.42. The Hall–Kier alpha value is -2.57. The summed E-state index contributed by atoms with van der Waals surface area (Å²) in [6.07, 6.45) is 3.84. The van der Waals surface area contributed by atoms with Crippen molar-refractivity contribution in [2.45, 2.75) is 38.8 Å². The van der Waals surface area contributed by atoms with Crippen molar-refractivity contribution in [1.29, 1.82) is 0 Å². The Bertz CT molecular complexity index is 822. The molecule has 0 atom stereocenters. The van der Waals surface area contributed by atoms with E-state index < -0.39 is 0 Å². The van der Waals surface area contributed by atoms with Crippen LogP contribution >= 0.6 is 0 Å². The van der Waals surface area contributed by atoms with E-state index in [1.165, 1.54) is 18.4 Å². The van der Waals surface area contributed by atoms with Crippen molar-refractivity contribution >= 4 is 6.03 Å². The number of nitrogens with one attached hydrogen (secondary N) is 1. The predicted molar refractivity (Wildman–Crippen MR) is 98.0 cm³/mol. The summed E-state index contributed by atoms with van der Waals surface area (Å²) in [5.41, 5.74) is 1.18. The van der Waals surface area contributed by atoms with Crippen LogP contribution in [0.5, 0.6) is 0 Å². The van der Waals surface area contributed by atoms with E-state index in [1.54, 1.807) is 14.1 Å². The van der Waals surface area contributed by atoms with Crippen molar-refractivity contribution in [3.63, 3.8) is 0 Å². The summed E-state index contributed by atoms with van der Waals surface area (Å²) in [5, 5.41) is 7.48. The van der Waals surface area contributed by atoms with Crippen LogP contribution in [0.3, 0.4) is 0 Å². The van der Waals surface area contributed by atoms with Gasteiger partial charge in [-0.1, -0.05) is 30.3 Å². The molecule has 138 valence electrons. The highest BCUT2D eigenvalue weighted by molar-refractivity contribution is 5.74. The van der Waals surface area contributed by atoms with Crippen molar-refractivity contribution in [1.82, 2.24) is 24.6 Å². The molecule has 2 aliphatic rings.